The Bertz CT molecular complexity index is 1110. The Hall–Kier alpha value is -3.34. The fourth-order valence-electron chi connectivity index (χ4n) is 3.12. The normalized spacial score (nSPS) is 11.0. The highest BCUT2D eigenvalue weighted by molar-refractivity contribution is 5.80. The fraction of sp³-hybridized carbons (Fsp3) is 0.182. The number of ether oxygens (including phenoxy) is 1. The van der Waals surface area contributed by atoms with E-state index < -0.39 is 0 Å². The first kappa shape index (κ1) is 17.1. The lowest BCUT2D eigenvalue weighted by Crippen LogP contribution is -2.16. The molecule has 0 bridgehead atoms. The first-order valence-corrected chi connectivity index (χ1v) is 9.10. The molecular weight excluding hydrogens is 338 g/mol. The maximum atomic E-state index is 12.6. The summed E-state index contributed by atoms with van der Waals surface area (Å²) in [5.74, 6) is 0.567. The molecule has 0 unspecified atom stereocenters. The van der Waals surface area contributed by atoms with Crippen LogP contribution in [0.5, 0.6) is 5.75 Å². The van der Waals surface area contributed by atoms with Gasteiger partial charge >= 0.3 is 0 Å². The molecule has 4 rings (SSSR count). The van der Waals surface area contributed by atoms with Crippen LogP contribution in [0.4, 0.5) is 0 Å². The van der Waals surface area contributed by atoms with Gasteiger partial charge in [-0.05, 0) is 36.2 Å². The van der Waals surface area contributed by atoms with Crippen molar-refractivity contribution in [2.75, 3.05) is 0 Å². The van der Waals surface area contributed by atoms with Crippen molar-refractivity contribution in [1.29, 1.82) is 0 Å². The minimum atomic E-state index is -0.124. The maximum Gasteiger partial charge on any atom is 0.258 e. The molecule has 0 atom stereocenters. The molecule has 0 aliphatic rings. The molecule has 27 heavy (non-hydrogen) atoms. The molecule has 0 aliphatic carbocycles. The minimum Gasteiger partial charge on any atom is -0.489 e. The van der Waals surface area contributed by atoms with Gasteiger partial charge in [0.15, 0.2) is 0 Å². The van der Waals surface area contributed by atoms with E-state index in [0.717, 1.165) is 35.1 Å². The fourth-order valence-corrected chi connectivity index (χ4v) is 3.12. The van der Waals surface area contributed by atoms with Gasteiger partial charge in [0.2, 0.25) is 0 Å². The topological polar surface area (TPSA) is 49.0 Å². The molecule has 5 nitrogen and oxygen atoms in total. The molecule has 5 heteroatoms. The second-order valence-corrected chi connectivity index (χ2v) is 6.46. The van der Waals surface area contributed by atoms with E-state index in [-0.39, 0.29) is 5.56 Å². The molecular formula is C22H21N3O2. The van der Waals surface area contributed by atoms with Gasteiger partial charge in [-0.1, -0.05) is 37.3 Å². The molecule has 4 aromatic rings. The van der Waals surface area contributed by atoms with E-state index >= 15 is 0 Å². The first-order chi connectivity index (χ1) is 13.2. The highest BCUT2D eigenvalue weighted by Crippen LogP contribution is 2.19. The molecule has 0 radical (unpaired) electrons. The Balaban J connectivity index is 1.57. The van der Waals surface area contributed by atoms with E-state index in [9.17, 15) is 4.79 Å². The van der Waals surface area contributed by atoms with Crippen LogP contribution in [0, 0.1) is 0 Å². The number of aromatic nitrogens is 3. The summed E-state index contributed by atoms with van der Waals surface area (Å²) in [4.78, 5) is 12.6. The van der Waals surface area contributed by atoms with Crippen molar-refractivity contribution >= 4 is 10.9 Å². The number of nitrogens with zero attached hydrogens (tertiary/aromatic N) is 3. The lowest BCUT2D eigenvalue weighted by molar-refractivity contribution is 0.305. The second-order valence-electron chi connectivity index (χ2n) is 6.46. The predicted octanol–water partition coefficient (Wildman–Crippen LogP) is 4.18. The van der Waals surface area contributed by atoms with Crippen molar-refractivity contribution < 1.29 is 4.74 Å². The maximum absolute atomic E-state index is 12.6. The largest absolute Gasteiger partial charge is 0.489 e. The number of hydrogen-bond donors (Lipinski definition) is 0. The van der Waals surface area contributed by atoms with Gasteiger partial charge < -0.3 is 4.74 Å². The predicted molar refractivity (Wildman–Crippen MR) is 106 cm³/mol. The van der Waals surface area contributed by atoms with E-state index in [1.165, 1.54) is 6.07 Å². The van der Waals surface area contributed by atoms with E-state index in [1.807, 2.05) is 65.5 Å². The summed E-state index contributed by atoms with van der Waals surface area (Å²) in [7, 11) is 0. The SMILES string of the molecule is CCCn1ncc2cc(-n3ccc(OCc4ccccc4)cc3=O)ccc21. The van der Waals surface area contributed by atoms with Gasteiger partial charge in [0, 0.05) is 29.9 Å². The van der Waals surface area contributed by atoms with Crippen molar-refractivity contribution in [3.05, 3.63) is 89.0 Å². The zero-order valence-electron chi connectivity index (χ0n) is 15.2. The summed E-state index contributed by atoms with van der Waals surface area (Å²) >= 11 is 0. The van der Waals surface area contributed by atoms with Crippen molar-refractivity contribution in [1.82, 2.24) is 14.3 Å². The Kier molecular flexibility index (Phi) is 4.75. The number of hydrogen-bond acceptors (Lipinski definition) is 3. The molecule has 0 fully saturated rings. The Labute approximate surface area is 157 Å². The molecule has 136 valence electrons. The van der Waals surface area contributed by atoms with Crippen molar-refractivity contribution in [2.45, 2.75) is 26.5 Å². The van der Waals surface area contributed by atoms with Crippen LogP contribution in [-0.2, 0) is 13.2 Å². The number of pyridine rings is 1. The third kappa shape index (κ3) is 3.62. The molecule has 2 heterocycles. The highest BCUT2D eigenvalue weighted by atomic mass is 16.5. The standard InChI is InChI=1S/C22H21N3O2/c1-2-11-25-21-9-8-19(13-18(21)15-23-25)24-12-10-20(14-22(24)26)27-16-17-6-4-3-5-7-17/h3-10,12-15H,2,11,16H2,1H3. The van der Waals surface area contributed by atoms with Gasteiger partial charge in [-0.3, -0.25) is 14.0 Å². The average Bonchev–Trinajstić information content (AvgIpc) is 3.10. The first-order valence-electron chi connectivity index (χ1n) is 9.10. The van der Waals surface area contributed by atoms with E-state index in [2.05, 4.69) is 12.0 Å². The Morgan fingerprint density at radius 2 is 1.89 bits per heavy atom. The molecule has 0 spiro atoms. The summed E-state index contributed by atoms with van der Waals surface area (Å²) in [6.07, 6.45) is 4.62. The Morgan fingerprint density at radius 1 is 1.04 bits per heavy atom. The molecule has 0 amide bonds. The van der Waals surface area contributed by atoms with E-state index in [1.54, 1.807) is 10.8 Å². The van der Waals surface area contributed by atoms with Gasteiger partial charge in [0.25, 0.3) is 5.56 Å². The molecule has 2 aromatic carbocycles. The van der Waals surface area contributed by atoms with Crippen LogP contribution in [0.15, 0.2) is 77.9 Å². The number of fused-ring (bicyclic) bond motifs is 1. The Morgan fingerprint density at radius 3 is 2.67 bits per heavy atom. The van der Waals surface area contributed by atoms with Gasteiger partial charge in [0.05, 0.1) is 11.7 Å². The zero-order valence-corrected chi connectivity index (χ0v) is 15.2. The van der Waals surface area contributed by atoms with Crippen LogP contribution >= 0.6 is 0 Å². The third-order valence-electron chi connectivity index (χ3n) is 4.48. The van der Waals surface area contributed by atoms with Crippen molar-refractivity contribution in [3.8, 4) is 11.4 Å². The molecule has 0 saturated heterocycles. The second kappa shape index (κ2) is 7.50. The van der Waals surface area contributed by atoms with E-state index in [0.29, 0.717) is 12.4 Å². The van der Waals surface area contributed by atoms with Crippen LogP contribution in [0.25, 0.3) is 16.6 Å². The van der Waals surface area contributed by atoms with Gasteiger partial charge in [-0.25, -0.2) is 0 Å². The van der Waals surface area contributed by atoms with Crippen LogP contribution < -0.4 is 10.3 Å². The average molecular weight is 359 g/mol. The number of benzene rings is 2. The minimum absolute atomic E-state index is 0.124. The number of rotatable bonds is 6. The van der Waals surface area contributed by atoms with Crippen molar-refractivity contribution in [3.63, 3.8) is 0 Å². The lowest BCUT2D eigenvalue weighted by Gasteiger charge is -2.09. The smallest absolute Gasteiger partial charge is 0.258 e. The van der Waals surface area contributed by atoms with Gasteiger partial charge in [-0.15, -0.1) is 0 Å². The monoisotopic (exact) mass is 359 g/mol. The van der Waals surface area contributed by atoms with Gasteiger partial charge in [-0.2, -0.15) is 5.10 Å². The van der Waals surface area contributed by atoms with Crippen molar-refractivity contribution in [2.24, 2.45) is 0 Å². The summed E-state index contributed by atoms with van der Waals surface area (Å²) in [6.45, 7) is 3.45. The van der Waals surface area contributed by atoms with Crippen LogP contribution in [0.1, 0.15) is 18.9 Å². The quantitative estimate of drug-likeness (QED) is 0.519. The summed E-state index contributed by atoms with van der Waals surface area (Å²) in [6, 6.07) is 19.2. The van der Waals surface area contributed by atoms with Gasteiger partial charge in [0.1, 0.15) is 12.4 Å². The molecule has 2 aromatic heterocycles. The third-order valence-corrected chi connectivity index (χ3v) is 4.48. The van der Waals surface area contributed by atoms with Crippen LogP contribution in [0.3, 0.4) is 0 Å². The summed E-state index contributed by atoms with van der Waals surface area (Å²) in [5.41, 5.74) is 2.84. The van der Waals surface area contributed by atoms with Crippen LogP contribution in [-0.4, -0.2) is 14.3 Å². The zero-order chi connectivity index (χ0) is 18.6. The number of aryl methyl sites for hydroxylation is 1. The lowest BCUT2D eigenvalue weighted by atomic mass is 10.2. The van der Waals surface area contributed by atoms with E-state index in [4.69, 9.17) is 4.74 Å². The highest BCUT2D eigenvalue weighted by Gasteiger charge is 2.07. The molecule has 0 aliphatic heterocycles. The summed E-state index contributed by atoms with van der Waals surface area (Å²) in [5, 5.41) is 5.44. The molecule has 0 N–H and O–H groups in total. The summed E-state index contributed by atoms with van der Waals surface area (Å²) < 4.78 is 9.34. The van der Waals surface area contributed by atoms with Crippen LogP contribution in [0.2, 0.25) is 0 Å². The molecule has 0 saturated carbocycles.